The van der Waals surface area contributed by atoms with Gasteiger partial charge in [0, 0.05) is 6.42 Å². The molecule has 0 unspecified atom stereocenters. The first-order valence-electron chi connectivity index (χ1n) is 5.51. The summed E-state index contributed by atoms with van der Waals surface area (Å²) in [4.78, 5) is 22.4. The van der Waals surface area contributed by atoms with Crippen LogP contribution in [0.25, 0.3) is 0 Å². The fraction of sp³-hybridized carbons (Fsp3) is 0.333. The van der Waals surface area contributed by atoms with Crippen molar-refractivity contribution in [2.75, 3.05) is 11.9 Å². The Morgan fingerprint density at radius 1 is 1.33 bits per heavy atom. The molecule has 1 N–H and O–H groups in total. The van der Waals surface area contributed by atoms with Gasteiger partial charge in [0.05, 0.1) is 12.3 Å². The average Bonchev–Trinajstić information content (AvgIpc) is 2.33. The van der Waals surface area contributed by atoms with E-state index in [1.807, 2.05) is 0 Å². The first-order valence-corrected chi connectivity index (χ1v) is 5.51. The Kier molecular flexibility index (Phi) is 5.10. The van der Waals surface area contributed by atoms with E-state index < -0.39 is 17.9 Å². The van der Waals surface area contributed by atoms with E-state index in [-0.39, 0.29) is 24.5 Å². The Bertz CT molecular complexity index is 448. The maximum absolute atomic E-state index is 13.5. The van der Waals surface area contributed by atoms with Gasteiger partial charge < -0.3 is 9.47 Å². The molecule has 98 valence electrons. The highest BCUT2D eigenvalue weighted by Crippen LogP contribution is 2.28. The highest BCUT2D eigenvalue weighted by atomic mass is 19.1. The van der Waals surface area contributed by atoms with Gasteiger partial charge in [-0.15, -0.1) is 0 Å². The van der Waals surface area contributed by atoms with Crippen molar-refractivity contribution >= 4 is 17.7 Å². The minimum absolute atomic E-state index is 0.0512. The molecule has 0 aliphatic rings. The van der Waals surface area contributed by atoms with Gasteiger partial charge in [-0.3, -0.25) is 10.1 Å². The molecule has 0 aliphatic heterocycles. The lowest BCUT2D eigenvalue weighted by Gasteiger charge is -2.11. The summed E-state index contributed by atoms with van der Waals surface area (Å²) in [5, 5.41) is 2.30. The van der Waals surface area contributed by atoms with Crippen molar-refractivity contribution < 1.29 is 23.5 Å². The molecule has 0 saturated heterocycles. The van der Waals surface area contributed by atoms with Crippen molar-refractivity contribution in [1.29, 1.82) is 0 Å². The minimum Gasteiger partial charge on any atom is -0.450 e. The molecule has 0 saturated carbocycles. The summed E-state index contributed by atoms with van der Waals surface area (Å²) in [6.45, 7) is 3.41. The Balaban J connectivity index is 2.93. The van der Waals surface area contributed by atoms with Crippen molar-refractivity contribution in [3.05, 3.63) is 24.0 Å². The highest BCUT2D eigenvalue weighted by molar-refractivity contribution is 5.87. The lowest BCUT2D eigenvalue weighted by Crippen LogP contribution is -2.16. The summed E-state index contributed by atoms with van der Waals surface area (Å²) >= 11 is 0. The monoisotopic (exact) mass is 255 g/mol. The molecule has 0 bridgehead atoms. The van der Waals surface area contributed by atoms with Gasteiger partial charge in [-0.05, 0) is 19.1 Å². The second kappa shape index (κ2) is 6.58. The van der Waals surface area contributed by atoms with Crippen LogP contribution in [0.2, 0.25) is 0 Å². The molecular formula is C12H14FNO4. The topological polar surface area (TPSA) is 64.6 Å². The normalized spacial score (nSPS) is 9.72. The van der Waals surface area contributed by atoms with Gasteiger partial charge in [-0.25, -0.2) is 9.18 Å². The van der Waals surface area contributed by atoms with E-state index in [0.29, 0.717) is 0 Å². The molecule has 0 atom stereocenters. The number of nitrogens with one attached hydrogen (secondary N) is 1. The summed E-state index contributed by atoms with van der Waals surface area (Å²) in [5.41, 5.74) is 0.0512. The van der Waals surface area contributed by atoms with Gasteiger partial charge in [-0.2, -0.15) is 0 Å². The molecule has 5 nitrogen and oxygen atoms in total. The zero-order valence-electron chi connectivity index (χ0n) is 10.2. The van der Waals surface area contributed by atoms with E-state index >= 15 is 0 Å². The predicted octanol–water partition coefficient (Wildman–Crippen LogP) is 2.71. The molecule has 1 amide bonds. The third-order valence-corrected chi connectivity index (χ3v) is 1.98. The van der Waals surface area contributed by atoms with Crippen LogP contribution in [0.15, 0.2) is 18.2 Å². The van der Waals surface area contributed by atoms with Crippen molar-refractivity contribution in [2.24, 2.45) is 0 Å². The molecule has 0 aromatic heterocycles. The van der Waals surface area contributed by atoms with Crippen molar-refractivity contribution in [3.8, 4) is 5.75 Å². The Hall–Kier alpha value is -2.11. The summed E-state index contributed by atoms with van der Waals surface area (Å²) in [5.74, 6) is -1.63. The number of anilines is 1. The number of benzene rings is 1. The average molecular weight is 255 g/mol. The lowest BCUT2D eigenvalue weighted by atomic mass is 10.3. The number of hydrogen-bond donors (Lipinski definition) is 1. The number of para-hydroxylation sites is 1. The number of halogens is 1. The van der Waals surface area contributed by atoms with Crippen LogP contribution in [-0.4, -0.2) is 18.7 Å². The Labute approximate surface area is 104 Å². The van der Waals surface area contributed by atoms with Gasteiger partial charge >= 0.3 is 12.1 Å². The molecular weight excluding hydrogens is 241 g/mol. The maximum atomic E-state index is 13.5. The fourth-order valence-corrected chi connectivity index (χ4v) is 1.17. The van der Waals surface area contributed by atoms with Crippen molar-refractivity contribution in [2.45, 2.75) is 20.3 Å². The Morgan fingerprint density at radius 2 is 2.06 bits per heavy atom. The molecule has 0 spiro atoms. The van der Waals surface area contributed by atoms with Crippen molar-refractivity contribution in [3.63, 3.8) is 0 Å². The Morgan fingerprint density at radius 3 is 2.67 bits per heavy atom. The molecule has 0 radical (unpaired) electrons. The van der Waals surface area contributed by atoms with E-state index in [1.165, 1.54) is 12.1 Å². The van der Waals surface area contributed by atoms with Gasteiger partial charge in [0.15, 0.2) is 11.6 Å². The second-order valence-corrected chi connectivity index (χ2v) is 3.29. The smallest absolute Gasteiger partial charge is 0.411 e. The van der Waals surface area contributed by atoms with Crippen LogP contribution in [-0.2, 0) is 9.53 Å². The van der Waals surface area contributed by atoms with Crippen LogP contribution in [0.1, 0.15) is 20.3 Å². The zero-order valence-corrected chi connectivity index (χ0v) is 10.2. The molecule has 1 aromatic rings. The quantitative estimate of drug-likeness (QED) is 0.663. The van der Waals surface area contributed by atoms with Crippen LogP contribution in [0.4, 0.5) is 14.9 Å². The highest BCUT2D eigenvalue weighted by Gasteiger charge is 2.15. The predicted molar refractivity (Wildman–Crippen MR) is 63.0 cm³/mol. The largest absolute Gasteiger partial charge is 0.450 e. The first kappa shape index (κ1) is 14.0. The minimum atomic E-state index is -0.739. The summed E-state index contributed by atoms with van der Waals surface area (Å²) in [6.07, 6.45) is -0.635. The van der Waals surface area contributed by atoms with Crippen LogP contribution < -0.4 is 10.1 Å². The molecule has 18 heavy (non-hydrogen) atoms. The molecule has 1 rings (SSSR count). The molecule has 0 aliphatic carbocycles. The number of rotatable bonds is 4. The van der Waals surface area contributed by atoms with E-state index in [1.54, 1.807) is 13.8 Å². The second-order valence-electron chi connectivity index (χ2n) is 3.29. The van der Waals surface area contributed by atoms with Crippen molar-refractivity contribution in [1.82, 2.24) is 0 Å². The standard InChI is InChI=1S/C12H14FNO4/c1-3-10(15)18-11-8(13)6-5-7-9(11)14-12(16)17-4-2/h5-7H,3-4H2,1-2H3,(H,14,16). The van der Waals surface area contributed by atoms with Gasteiger partial charge in [0.25, 0.3) is 0 Å². The number of carbonyl (C=O) groups is 2. The molecule has 0 heterocycles. The van der Waals surface area contributed by atoms with E-state index in [4.69, 9.17) is 4.74 Å². The van der Waals surface area contributed by atoms with E-state index in [2.05, 4.69) is 10.1 Å². The third kappa shape index (κ3) is 3.73. The zero-order chi connectivity index (χ0) is 13.5. The molecule has 0 fully saturated rings. The first-order chi connectivity index (χ1) is 8.58. The SMILES string of the molecule is CCOC(=O)Nc1cccc(F)c1OC(=O)CC. The number of carbonyl (C=O) groups excluding carboxylic acids is 2. The van der Waals surface area contributed by atoms with Gasteiger partial charge in [0.1, 0.15) is 0 Å². The maximum Gasteiger partial charge on any atom is 0.411 e. The number of ether oxygens (including phenoxy) is 2. The third-order valence-electron chi connectivity index (χ3n) is 1.98. The van der Waals surface area contributed by atoms with E-state index in [9.17, 15) is 14.0 Å². The van der Waals surface area contributed by atoms with E-state index in [0.717, 1.165) is 6.07 Å². The summed E-state index contributed by atoms with van der Waals surface area (Å²) in [6, 6.07) is 3.94. The number of esters is 1. The van der Waals surface area contributed by atoms with Gasteiger partial charge in [-0.1, -0.05) is 13.0 Å². The fourth-order valence-electron chi connectivity index (χ4n) is 1.17. The lowest BCUT2D eigenvalue weighted by molar-refractivity contribution is -0.134. The number of hydrogen-bond acceptors (Lipinski definition) is 4. The summed E-state index contributed by atoms with van der Waals surface area (Å²) < 4.78 is 23.0. The van der Waals surface area contributed by atoms with Gasteiger partial charge in [0.2, 0.25) is 0 Å². The van der Waals surface area contributed by atoms with Crippen LogP contribution in [0, 0.1) is 5.82 Å². The molecule has 1 aromatic carbocycles. The van der Waals surface area contributed by atoms with Crippen LogP contribution in [0.5, 0.6) is 5.75 Å². The summed E-state index contributed by atoms with van der Waals surface area (Å²) in [7, 11) is 0. The molecule has 6 heteroatoms. The van der Waals surface area contributed by atoms with Crippen LogP contribution in [0.3, 0.4) is 0 Å². The van der Waals surface area contributed by atoms with Crippen LogP contribution >= 0.6 is 0 Å². The number of amides is 1.